The molecule has 8 heteroatoms. The zero-order chi connectivity index (χ0) is 18.8. The van der Waals surface area contributed by atoms with Crippen LogP contribution in [0.1, 0.15) is 0 Å². The number of carbonyl (C=O) groups excluding carboxylic acids is 2. The molecule has 26 heavy (non-hydrogen) atoms. The zero-order valence-electron chi connectivity index (χ0n) is 13.9. The topological polar surface area (TPSA) is 67.9 Å². The van der Waals surface area contributed by atoms with Crippen molar-refractivity contribution in [1.29, 1.82) is 0 Å². The van der Waals surface area contributed by atoms with Gasteiger partial charge in [0.15, 0.2) is 0 Å². The van der Waals surface area contributed by atoms with Crippen molar-refractivity contribution in [1.82, 2.24) is 0 Å². The van der Waals surface area contributed by atoms with E-state index < -0.39 is 11.8 Å². The molecule has 1 aliphatic heterocycles. The summed E-state index contributed by atoms with van der Waals surface area (Å²) >= 11 is 12.0. The van der Waals surface area contributed by atoms with E-state index in [-0.39, 0.29) is 10.7 Å². The van der Waals surface area contributed by atoms with Gasteiger partial charge in [-0.15, -0.1) is 0 Å². The van der Waals surface area contributed by atoms with Gasteiger partial charge in [0.25, 0.3) is 11.8 Å². The van der Waals surface area contributed by atoms with Crippen LogP contribution >= 0.6 is 23.2 Å². The molecule has 0 fully saturated rings. The summed E-state index contributed by atoms with van der Waals surface area (Å²) < 4.78 is 10.4. The van der Waals surface area contributed by atoms with Gasteiger partial charge in [-0.3, -0.25) is 9.59 Å². The van der Waals surface area contributed by atoms with E-state index in [1.807, 2.05) is 0 Å². The number of anilines is 2. The molecule has 1 heterocycles. The Kier molecular flexibility index (Phi) is 5.06. The molecule has 134 valence electrons. The SMILES string of the molecule is COc1ccc(OC)c(NC2=C(Cl)C(=O)N(c3ccc(Cl)cc3)C2=O)c1. The molecule has 0 bridgehead atoms. The molecule has 3 rings (SSSR count). The molecule has 0 unspecified atom stereocenters. The van der Waals surface area contributed by atoms with E-state index in [9.17, 15) is 9.59 Å². The highest BCUT2D eigenvalue weighted by atomic mass is 35.5. The number of amides is 2. The summed E-state index contributed by atoms with van der Waals surface area (Å²) in [4.78, 5) is 26.2. The highest BCUT2D eigenvalue weighted by molar-refractivity contribution is 6.53. The lowest BCUT2D eigenvalue weighted by molar-refractivity contribution is -0.120. The number of ether oxygens (including phenoxy) is 2. The van der Waals surface area contributed by atoms with Crippen LogP contribution in [0, 0.1) is 0 Å². The molecule has 1 aliphatic rings. The number of nitrogens with one attached hydrogen (secondary N) is 1. The molecule has 0 saturated carbocycles. The Bertz CT molecular complexity index is 910. The number of halogens is 2. The zero-order valence-corrected chi connectivity index (χ0v) is 15.4. The monoisotopic (exact) mass is 392 g/mol. The van der Waals surface area contributed by atoms with Crippen LogP contribution in [-0.2, 0) is 9.59 Å². The molecule has 0 spiro atoms. The lowest BCUT2D eigenvalue weighted by atomic mass is 10.2. The number of methoxy groups -OCH3 is 2. The fraction of sp³-hybridized carbons (Fsp3) is 0.111. The number of rotatable bonds is 5. The van der Waals surface area contributed by atoms with Crippen molar-refractivity contribution in [2.24, 2.45) is 0 Å². The third-order valence-electron chi connectivity index (χ3n) is 3.78. The Labute approximate surface area is 159 Å². The van der Waals surface area contributed by atoms with E-state index in [1.165, 1.54) is 14.2 Å². The normalized spacial score (nSPS) is 14.1. The number of hydrogen-bond donors (Lipinski definition) is 1. The molecule has 0 radical (unpaired) electrons. The molecule has 6 nitrogen and oxygen atoms in total. The molecule has 2 amide bonds. The van der Waals surface area contributed by atoms with Gasteiger partial charge in [0.1, 0.15) is 22.2 Å². The van der Waals surface area contributed by atoms with E-state index in [4.69, 9.17) is 32.7 Å². The number of hydrogen-bond acceptors (Lipinski definition) is 5. The first-order chi connectivity index (χ1) is 12.5. The maximum atomic E-state index is 12.8. The molecular formula is C18H14Cl2N2O4. The predicted molar refractivity (Wildman–Crippen MR) is 100.0 cm³/mol. The average Bonchev–Trinajstić information content (AvgIpc) is 2.86. The molecule has 2 aromatic carbocycles. The maximum Gasteiger partial charge on any atom is 0.283 e. The van der Waals surface area contributed by atoms with Crippen molar-refractivity contribution in [3.05, 3.63) is 58.2 Å². The highest BCUT2D eigenvalue weighted by Crippen LogP contribution is 2.34. The number of nitrogens with zero attached hydrogens (tertiary/aromatic N) is 1. The Morgan fingerprint density at radius 1 is 0.923 bits per heavy atom. The summed E-state index contributed by atoms with van der Waals surface area (Å²) in [6.07, 6.45) is 0. The van der Waals surface area contributed by atoms with Crippen molar-refractivity contribution in [2.45, 2.75) is 0 Å². The van der Waals surface area contributed by atoms with Gasteiger partial charge in [-0.05, 0) is 36.4 Å². The quantitative estimate of drug-likeness (QED) is 0.783. The first-order valence-electron chi connectivity index (χ1n) is 7.49. The minimum Gasteiger partial charge on any atom is -0.497 e. The second-order valence-electron chi connectivity index (χ2n) is 5.30. The smallest absolute Gasteiger partial charge is 0.283 e. The standard InChI is InChI=1S/C18H14Cl2N2O4/c1-25-12-7-8-14(26-2)13(9-12)21-16-15(20)17(23)22(18(16)24)11-5-3-10(19)4-6-11/h3-9,21H,1-2H3. The minimum atomic E-state index is -0.622. The van der Waals surface area contributed by atoms with Gasteiger partial charge in [0, 0.05) is 11.1 Å². The second kappa shape index (κ2) is 7.27. The van der Waals surface area contributed by atoms with Crippen LogP contribution in [0.4, 0.5) is 11.4 Å². The highest BCUT2D eigenvalue weighted by Gasteiger charge is 2.39. The Balaban J connectivity index is 1.95. The van der Waals surface area contributed by atoms with Gasteiger partial charge in [0.2, 0.25) is 0 Å². The van der Waals surface area contributed by atoms with Crippen molar-refractivity contribution < 1.29 is 19.1 Å². The predicted octanol–water partition coefficient (Wildman–Crippen LogP) is 3.79. The van der Waals surface area contributed by atoms with Crippen LogP contribution < -0.4 is 19.7 Å². The first-order valence-corrected chi connectivity index (χ1v) is 8.25. The molecule has 0 saturated heterocycles. The lowest BCUT2D eigenvalue weighted by Crippen LogP contribution is -2.32. The van der Waals surface area contributed by atoms with Crippen molar-refractivity contribution >= 4 is 46.4 Å². The van der Waals surface area contributed by atoms with Gasteiger partial charge in [-0.2, -0.15) is 0 Å². The number of carbonyl (C=O) groups is 2. The van der Waals surface area contributed by atoms with E-state index in [0.29, 0.717) is 27.9 Å². The molecule has 0 aromatic heterocycles. The third kappa shape index (κ3) is 3.21. The Morgan fingerprint density at radius 2 is 1.62 bits per heavy atom. The summed E-state index contributed by atoms with van der Waals surface area (Å²) in [5.74, 6) is -0.181. The summed E-state index contributed by atoms with van der Waals surface area (Å²) in [5, 5.41) is 3.16. The molecule has 0 aliphatic carbocycles. The van der Waals surface area contributed by atoms with E-state index >= 15 is 0 Å². The van der Waals surface area contributed by atoms with Crippen molar-refractivity contribution in [3.63, 3.8) is 0 Å². The second-order valence-corrected chi connectivity index (χ2v) is 6.12. The van der Waals surface area contributed by atoms with Crippen molar-refractivity contribution in [2.75, 3.05) is 24.4 Å². The summed E-state index contributed by atoms with van der Waals surface area (Å²) in [7, 11) is 3.01. The lowest BCUT2D eigenvalue weighted by Gasteiger charge is -2.16. The summed E-state index contributed by atoms with van der Waals surface area (Å²) in [5.41, 5.74) is 0.772. The van der Waals surface area contributed by atoms with Gasteiger partial charge in [-0.1, -0.05) is 23.2 Å². The van der Waals surface area contributed by atoms with E-state index in [1.54, 1.807) is 42.5 Å². The van der Waals surface area contributed by atoms with Crippen molar-refractivity contribution in [3.8, 4) is 11.5 Å². The number of benzene rings is 2. The molecule has 1 N–H and O–H groups in total. The molecular weight excluding hydrogens is 379 g/mol. The third-order valence-corrected chi connectivity index (χ3v) is 4.38. The molecule has 2 aromatic rings. The van der Waals surface area contributed by atoms with Crippen LogP contribution in [0.3, 0.4) is 0 Å². The number of imide groups is 1. The van der Waals surface area contributed by atoms with Gasteiger partial charge >= 0.3 is 0 Å². The Hall–Kier alpha value is -2.70. The summed E-state index contributed by atoms with van der Waals surface area (Å²) in [6.45, 7) is 0. The van der Waals surface area contributed by atoms with Crippen LogP contribution in [-0.4, -0.2) is 26.0 Å². The first kappa shape index (κ1) is 18.1. The fourth-order valence-corrected chi connectivity index (χ4v) is 2.82. The van der Waals surface area contributed by atoms with Gasteiger partial charge in [-0.25, -0.2) is 4.90 Å². The average molecular weight is 393 g/mol. The molecule has 0 atom stereocenters. The van der Waals surface area contributed by atoms with E-state index in [0.717, 1.165) is 4.90 Å². The minimum absolute atomic E-state index is 0.0434. The summed E-state index contributed by atoms with van der Waals surface area (Å²) in [6, 6.07) is 11.3. The van der Waals surface area contributed by atoms with Crippen LogP contribution in [0.15, 0.2) is 53.2 Å². The van der Waals surface area contributed by atoms with Gasteiger partial charge in [0.05, 0.1) is 25.6 Å². The van der Waals surface area contributed by atoms with E-state index in [2.05, 4.69) is 5.32 Å². The van der Waals surface area contributed by atoms with Crippen LogP contribution in [0.25, 0.3) is 0 Å². The Morgan fingerprint density at radius 3 is 2.23 bits per heavy atom. The van der Waals surface area contributed by atoms with Crippen LogP contribution in [0.2, 0.25) is 5.02 Å². The van der Waals surface area contributed by atoms with Gasteiger partial charge < -0.3 is 14.8 Å². The fourth-order valence-electron chi connectivity index (χ4n) is 2.48. The maximum absolute atomic E-state index is 12.8. The van der Waals surface area contributed by atoms with Crippen LogP contribution in [0.5, 0.6) is 11.5 Å². The largest absolute Gasteiger partial charge is 0.497 e.